The highest BCUT2D eigenvalue weighted by Gasteiger charge is 2.15. The first-order valence-electron chi connectivity index (χ1n) is 8.36. The molecule has 0 aliphatic carbocycles. The van der Waals surface area contributed by atoms with Crippen LogP contribution in [0.2, 0.25) is 0 Å². The van der Waals surface area contributed by atoms with Crippen molar-refractivity contribution in [1.82, 2.24) is 0 Å². The number of nitrogens with zero attached hydrogens (tertiary/aromatic N) is 1. The van der Waals surface area contributed by atoms with Crippen molar-refractivity contribution in [3.8, 4) is 5.75 Å². The maximum Gasteiger partial charge on any atom is 0.243 e. The molecule has 0 radical (unpaired) electrons. The summed E-state index contributed by atoms with van der Waals surface area (Å²) in [6.07, 6.45) is 0. The van der Waals surface area contributed by atoms with Crippen LogP contribution >= 0.6 is 0 Å². The number of nitrogens with one attached hydrogen (secondary N) is 2. The average molecular weight is 341 g/mol. The van der Waals surface area contributed by atoms with Crippen LogP contribution in [0.25, 0.3) is 0 Å². The number of morpholine rings is 1. The lowest BCUT2D eigenvalue weighted by molar-refractivity contribution is -0.114. The minimum atomic E-state index is -0.0865. The Labute approximate surface area is 147 Å². The summed E-state index contributed by atoms with van der Waals surface area (Å²) in [6.45, 7) is 3.28. The molecule has 1 saturated heterocycles. The van der Waals surface area contributed by atoms with Gasteiger partial charge in [-0.1, -0.05) is 12.1 Å². The molecule has 6 nitrogen and oxygen atoms in total. The van der Waals surface area contributed by atoms with Crippen LogP contribution in [0.15, 0.2) is 48.5 Å². The van der Waals surface area contributed by atoms with E-state index in [-0.39, 0.29) is 12.5 Å². The number of carbonyl (C=O) groups excluding carboxylic acids is 1. The Morgan fingerprint density at radius 1 is 1.12 bits per heavy atom. The summed E-state index contributed by atoms with van der Waals surface area (Å²) in [5.41, 5.74) is 2.73. The topological polar surface area (TPSA) is 62.8 Å². The lowest BCUT2D eigenvalue weighted by atomic mass is 10.2. The summed E-state index contributed by atoms with van der Waals surface area (Å²) >= 11 is 0. The Balaban J connectivity index is 1.58. The maximum atomic E-state index is 12.3. The predicted molar refractivity (Wildman–Crippen MR) is 99.6 cm³/mol. The lowest BCUT2D eigenvalue weighted by Gasteiger charge is -2.30. The van der Waals surface area contributed by atoms with Crippen molar-refractivity contribution in [3.05, 3.63) is 48.5 Å². The van der Waals surface area contributed by atoms with Gasteiger partial charge in [-0.05, 0) is 36.4 Å². The van der Waals surface area contributed by atoms with E-state index in [9.17, 15) is 4.79 Å². The molecule has 1 amide bonds. The number of hydrogen-bond donors (Lipinski definition) is 2. The zero-order valence-corrected chi connectivity index (χ0v) is 14.3. The summed E-state index contributed by atoms with van der Waals surface area (Å²) in [5, 5.41) is 6.11. The summed E-state index contributed by atoms with van der Waals surface area (Å²) in [7, 11) is 1.63. The third kappa shape index (κ3) is 4.64. The average Bonchev–Trinajstić information content (AvgIpc) is 2.68. The van der Waals surface area contributed by atoms with Crippen LogP contribution in [-0.4, -0.2) is 45.9 Å². The number of hydrogen-bond acceptors (Lipinski definition) is 5. The number of rotatable bonds is 6. The normalized spacial score (nSPS) is 14.0. The van der Waals surface area contributed by atoms with Gasteiger partial charge in [0.1, 0.15) is 5.75 Å². The van der Waals surface area contributed by atoms with Gasteiger partial charge in [0, 0.05) is 18.8 Å². The molecule has 0 aromatic heterocycles. The smallest absolute Gasteiger partial charge is 0.243 e. The highest BCUT2D eigenvalue weighted by molar-refractivity contribution is 5.96. The van der Waals surface area contributed by atoms with Crippen molar-refractivity contribution < 1.29 is 14.3 Å². The highest BCUT2D eigenvalue weighted by Crippen LogP contribution is 2.26. The zero-order valence-electron chi connectivity index (χ0n) is 14.3. The molecule has 3 rings (SSSR count). The van der Waals surface area contributed by atoms with E-state index < -0.39 is 0 Å². The second-order valence-corrected chi connectivity index (χ2v) is 5.75. The van der Waals surface area contributed by atoms with Crippen LogP contribution < -0.4 is 20.3 Å². The van der Waals surface area contributed by atoms with Crippen LogP contribution in [-0.2, 0) is 9.53 Å². The van der Waals surface area contributed by atoms with Crippen molar-refractivity contribution in [2.75, 3.05) is 55.5 Å². The van der Waals surface area contributed by atoms with Gasteiger partial charge in [0.15, 0.2) is 0 Å². The molecular weight excluding hydrogens is 318 g/mol. The van der Waals surface area contributed by atoms with Crippen molar-refractivity contribution in [2.24, 2.45) is 0 Å². The van der Waals surface area contributed by atoms with Crippen LogP contribution in [0.3, 0.4) is 0 Å². The molecule has 2 aromatic rings. The number of carbonyl (C=O) groups is 1. The van der Waals surface area contributed by atoms with E-state index in [0.717, 1.165) is 35.9 Å². The number of amides is 1. The molecule has 0 spiro atoms. The molecule has 6 heteroatoms. The highest BCUT2D eigenvalue weighted by atomic mass is 16.5. The Morgan fingerprint density at radius 2 is 1.84 bits per heavy atom. The van der Waals surface area contributed by atoms with E-state index in [2.05, 4.69) is 15.5 Å². The molecule has 1 aliphatic heterocycles. The van der Waals surface area contributed by atoms with Gasteiger partial charge in [-0.25, -0.2) is 0 Å². The lowest BCUT2D eigenvalue weighted by Crippen LogP contribution is -2.37. The van der Waals surface area contributed by atoms with Gasteiger partial charge in [0.05, 0.1) is 38.2 Å². The molecule has 2 N–H and O–H groups in total. The minimum Gasteiger partial charge on any atom is -0.497 e. The molecule has 0 saturated carbocycles. The molecule has 2 aromatic carbocycles. The number of para-hydroxylation sites is 2. The van der Waals surface area contributed by atoms with E-state index in [0.29, 0.717) is 13.2 Å². The maximum absolute atomic E-state index is 12.3. The van der Waals surface area contributed by atoms with E-state index in [1.807, 2.05) is 48.5 Å². The second kappa shape index (κ2) is 8.39. The Hall–Kier alpha value is -2.73. The number of ether oxygens (including phenoxy) is 2. The molecule has 132 valence electrons. The van der Waals surface area contributed by atoms with Gasteiger partial charge in [0.2, 0.25) is 5.91 Å². The first kappa shape index (κ1) is 17.1. The summed E-state index contributed by atoms with van der Waals surface area (Å²) in [6, 6.07) is 15.3. The molecule has 1 fully saturated rings. The fourth-order valence-corrected chi connectivity index (χ4v) is 2.74. The molecule has 0 atom stereocenters. The fraction of sp³-hybridized carbons (Fsp3) is 0.316. The third-order valence-corrected chi connectivity index (χ3v) is 4.07. The van der Waals surface area contributed by atoms with Gasteiger partial charge in [-0.2, -0.15) is 0 Å². The van der Waals surface area contributed by atoms with Crippen molar-refractivity contribution in [2.45, 2.75) is 0 Å². The van der Waals surface area contributed by atoms with E-state index in [4.69, 9.17) is 9.47 Å². The van der Waals surface area contributed by atoms with E-state index >= 15 is 0 Å². The third-order valence-electron chi connectivity index (χ3n) is 4.07. The minimum absolute atomic E-state index is 0.0865. The van der Waals surface area contributed by atoms with Crippen LogP contribution in [0.4, 0.5) is 17.1 Å². The first-order valence-corrected chi connectivity index (χ1v) is 8.36. The zero-order chi connectivity index (χ0) is 17.5. The predicted octanol–water partition coefficient (Wildman–Crippen LogP) is 2.58. The quantitative estimate of drug-likeness (QED) is 0.846. The van der Waals surface area contributed by atoms with Crippen molar-refractivity contribution >= 4 is 23.0 Å². The molecule has 1 heterocycles. The van der Waals surface area contributed by atoms with Crippen molar-refractivity contribution in [3.63, 3.8) is 0 Å². The molecule has 25 heavy (non-hydrogen) atoms. The monoisotopic (exact) mass is 341 g/mol. The van der Waals surface area contributed by atoms with E-state index in [1.165, 1.54) is 0 Å². The summed E-state index contributed by atoms with van der Waals surface area (Å²) in [5.74, 6) is 0.700. The molecule has 1 aliphatic rings. The van der Waals surface area contributed by atoms with Crippen LogP contribution in [0, 0.1) is 0 Å². The molecule has 0 unspecified atom stereocenters. The van der Waals surface area contributed by atoms with E-state index in [1.54, 1.807) is 7.11 Å². The number of methoxy groups -OCH3 is 1. The number of benzene rings is 2. The van der Waals surface area contributed by atoms with Gasteiger partial charge < -0.3 is 25.0 Å². The second-order valence-electron chi connectivity index (χ2n) is 5.75. The number of anilines is 3. The van der Waals surface area contributed by atoms with Crippen LogP contribution in [0.5, 0.6) is 5.75 Å². The first-order chi connectivity index (χ1) is 12.3. The molecule has 0 bridgehead atoms. The summed E-state index contributed by atoms with van der Waals surface area (Å²) in [4.78, 5) is 14.5. The van der Waals surface area contributed by atoms with Crippen LogP contribution in [0.1, 0.15) is 0 Å². The standard InChI is InChI=1S/C19H23N3O3/c1-24-16-8-6-15(7-9-16)20-14-19(23)21-17-4-2-3-5-18(17)22-10-12-25-13-11-22/h2-9,20H,10-14H2,1H3,(H,21,23). The Bertz CT molecular complexity index is 697. The fourth-order valence-electron chi connectivity index (χ4n) is 2.74. The van der Waals surface area contributed by atoms with Gasteiger partial charge >= 0.3 is 0 Å². The van der Waals surface area contributed by atoms with Gasteiger partial charge in [0.25, 0.3) is 0 Å². The SMILES string of the molecule is COc1ccc(NCC(=O)Nc2ccccc2N2CCOCC2)cc1. The largest absolute Gasteiger partial charge is 0.497 e. The Kier molecular flexibility index (Phi) is 5.74. The Morgan fingerprint density at radius 3 is 2.56 bits per heavy atom. The van der Waals surface area contributed by atoms with Crippen molar-refractivity contribution in [1.29, 1.82) is 0 Å². The molecular formula is C19H23N3O3. The van der Waals surface area contributed by atoms with Gasteiger partial charge in [-0.15, -0.1) is 0 Å². The summed E-state index contributed by atoms with van der Waals surface area (Å²) < 4.78 is 10.5. The van der Waals surface area contributed by atoms with Gasteiger partial charge in [-0.3, -0.25) is 4.79 Å².